The van der Waals surface area contributed by atoms with Crippen LogP contribution in [-0.4, -0.2) is 49.3 Å². The molecule has 0 heterocycles. The van der Waals surface area contributed by atoms with Crippen LogP contribution in [0.3, 0.4) is 0 Å². The fraction of sp³-hybridized carbons (Fsp3) is 0.533. The number of aliphatic hydroxyl groups excluding tert-OH is 1. The quantitative estimate of drug-likeness (QED) is 0.812. The number of methoxy groups -OCH3 is 2. The van der Waals surface area contributed by atoms with Crippen molar-refractivity contribution in [3.8, 4) is 11.5 Å². The maximum atomic E-state index is 12.8. The van der Waals surface area contributed by atoms with Crippen molar-refractivity contribution in [1.82, 2.24) is 4.90 Å². The summed E-state index contributed by atoms with van der Waals surface area (Å²) in [6, 6.07) is 3.45. The van der Waals surface area contributed by atoms with Crippen molar-refractivity contribution in [3.05, 3.63) is 22.2 Å². The van der Waals surface area contributed by atoms with Gasteiger partial charge in [-0.15, -0.1) is 0 Å². The Morgan fingerprint density at radius 2 is 2.00 bits per heavy atom. The Hall–Kier alpha value is -1.27. The van der Waals surface area contributed by atoms with Crippen LogP contribution in [-0.2, 0) is 0 Å². The normalized spacial score (nSPS) is 10.6. The van der Waals surface area contributed by atoms with E-state index in [1.165, 1.54) is 7.11 Å². The fourth-order valence-corrected chi connectivity index (χ4v) is 2.64. The van der Waals surface area contributed by atoms with Crippen molar-refractivity contribution in [3.63, 3.8) is 0 Å². The highest BCUT2D eigenvalue weighted by Gasteiger charge is 2.24. The first kappa shape index (κ1) is 17.8. The lowest BCUT2D eigenvalue weighted by Crippen LogP contribution is -2.38. The Morgan fingerprint density at radius 1 is 1.33 bits per heavy atom. The van der Waals surface area contributed by atoms with Gasteiger partial charge in [-0.3, -0.25) is 4.79 Å². The predicted molar refractivity (Wildman–Crippen MR) is 85.1 cm³/mol. The Balaban J connectivity index is 3.22. The molecule has 0 saturated heterocycles. The van der Waals surface area contributed by atoms with Crippen molar-refractivity contribution < 1.29 is 19.4 Å². The number of carbonyl (C=O) groups is 1. The molecule has 1 aromatic carbocycles. The van der Waals surface area contributed by atoms with Crippen LogP contribution in [0.5, 0.6) is 11.5 Å². The van der Waals surface area contributed by atoms with Crippen LogP contribution < -0.4 is 9.47 Å². The van der Waals surface area contributed by atoms with Crippen LogP contribution in [0.1, 0.15) is 30.6 Å². The number of ether oxygens (including phenoxy) is 2. The van der Waals surface area contributed by atoms with Gasteiger partial charge in [0.1, 0.15) is 11.5 Å². The third-order valence-corrected chi connectivity index (χ3v) is 3.72. The first-order chi connectivity index (χ1) is 9.96. The average molecular weight is 360 g/mol. The zero-order valence-electron chi connectivity index (χ0n) is 12.9. The summed E-state index contributed by atoms with van der Waals surface area (Å²) in [5, 5.41) is 8.99. The molecule has 0 radical (unpaired) electrons. The van der Waals surface area contributed by atoms with Crippen molar-refractivity contribution >= 4 is 21.8 Å². The molecule has 5 nitrogen and oxygen atoms in total. The van der Waals surface area contributed by atoms with Crippen molar-refractivity contribution in [1.29, 1.82) is 0 Å². The largest absolute Gasteiger partial charge is 0.497 e. The summed E-state index contributed by atoms with van der Waals surface area (Å²) in [5.74, 6) is 0.919. The van der Waals surface area contributed by atoms with Crippen LogP contribution in [0.2, 0.25) is 0 Å². The highest BCUT2D eigenvalue weighted by Crippen LogP contribution is 2.34. The number of nitrogens with zero attached hydrogens (tertiary/aromatic N) is 1. The van der Waals surface area contributed by atoms with E-state index in [9.17, 15) is 4.79 Å². The fourth-order valence-electron chi connectivity index (χ4n) is 2.04. The van der Waals surface area contributed by atoms with E-state index in [-0.39, 0.29) is 18.6 Å². The summed E-state index contributed by atoms with van der Waals surface area (Å²) in [6.45, 7) is 4.42. The first-order valence-corrected chi connectivity index (χ1v) is 7.58. The van der Waals surface area contributed by atoms with Gasteiger partial charge >= 0.3 is 0 Å². The van der Waals surface area contributed by atoms with Crippen molar-refractivity contribution in [2.75, 3.05) is 27.4 Å². The molecule has 0 aromatic heterocycles. The zero-order valence-corrected chi connectivity index (χ0v) is 14.4. The van der Waals surface area contributed by atoms with Gasteiger partial charge in [0.15, 0.2) is 0 Å². The molecule has 0 aliphatic rings. The number of rotatable bonds is 7. The zero-order chi connectivity index (χ0) is 16.0. The second kappa shape index (κ2) is 8.24. The lowest BCUT2D eigenvalue weighted by Gasteiger charge is -2.27. The van der Waals surface area contributed by atoms with E-state index >= 15 is 0 Å². The molecule has 0 atom stereocenters. The monoisotopic (exact) mass is 359 g/mol. The SMILES string of the molecule is COc1cc(Br)c(OC)c(C(=O)N(CCCO)C(C)C)c1. The molecule has 0 unspecified atom stereocenters. The minimum absolute atomic E-state index is 0.0266. The number of hydrogen-bond acceptors (Lipinski definition) is 4. The first-order valence-electron chi connectivity index (χ1n) is 6.79. The van der Waals surface area contributed by atoms with E-state index in [0.717, 1.165) is 0 Å². The van der Waals surface area contributed by atoms with E-state index in [1.54, 1.807) is 24.1 Å². The molecular weight excluding hydrogens is 338 g/mol. The average Bonchev–Trinajstić information content (AvgIpc) is 2.46. The second-order valence-corrected chi connectivity index (χ2v) is 5.71. The molecule has 0 aliphatic carbocycles. The molecule has 1 rings (SSSR count). The van der Waals surface area contributed by atoms with Gasteiger partial charge in [0.25, 0.3) is 5.91 Å². The van der Waals surface area contributed by atoms with Crippen LogP contribution >= 0.6 is 15.9 Å². The predicted octanol–water partition coefficient (Wildman–Crippen LogP) is 2.70. The van der Waals surface area contributed by atoms with E-state index in [0.29, 0.717) is 34.5 Å². The highest BCUT2D eigenvalue weighted by atomic mass is 79.9. The van der Waals surface area contributed by atoms with E-state index in [4.69, 9.17) is 14.6 Å². The maximum absolute atomic E-state index is 12.8. The van der Waals surface area contributed by atoms with E-state index in [1.807, 2.05) is 13.8 Å². The van der Waals surface area contributed by atoms with Crippen molar-refractivity contribution in [2.24, 2.45) is 0 Å². The minimum atomic E-state index is -0.144. The van der Waals surface area contributed by atoms with E-state index < -0.39 is 0 Å². The van der Waals surface area contributed by atoms with Crippen molar-refractivity contribution in [2.45, 2.75) is 26.3 Å². The van der Waals surface area contributed by atoms with Gasteiger partial charge < -0.3 is 19.5 Å². The summed E-state index contributed by atoms with van der Waals surface area (Å²) in [4.78, 5) is 14.5. The summed E-state index contributed by atoms with van der Waals surface area (Å²) in [5.41, 5.74) is 0.440. The molecule has 6 heteroatoms. The summed E-state index contributed by atoms with van der Waals surface area (Å²) in [6.07, 6.45) is 0.539. The second-order valence-electron chi connectivity index (χ2n) is 4.86. The summed E-state index contributed by atoms with van der Waals surface area (Å²) in [7, 11) is 3.07. The summed E-state index contributed by atoms with van der Waals surface area (Å²) < 4.78 is 11.2. The topological polar surface area (TPSA) is 59.0 Å². The molecule has 0 spiro atoms. The van der Waals surface area contributed by atoms with Crippen LogP contribution in [0.25, 0.3) is 0 Å². The Morgan fingerprint density at radius 3 is 2.48 bits per heavy atom. The Labute approximate surface area is 134 Å². The Bertz CT molecular complexity index is 491. The minimum Gasteiger partial charge on any atom is -0.497 e. The maximum Gasteiger partial charge on any atom is 0.258 e. The van der Waals surface area contributed by atoms with Gasteiger partial charge in [-0.25, -0.2) is 0 Å². The molecule has 0 bridgehead atoms. The third kappa shape index (κ3) is 4.35. The molecular formula is C15H22BrNO4. The van der Waals surface area contributed by atoms with Gasteiger partial charge in [0.05, 0.1) is 24.3 Å². The van der Waals surface area contributed by atoms with Gasteiger partial charge in [0, 0.05) is 19.2 Å². The molecule has 1 amide bonds. The lowest BCUT2D eigenvalue weighted by molar-refractivity contribution is 0.0689. The molecule has 1 N–H and O–H groups in total. The number of aliphatic hydroxyl groups is 1. The van der Waals surface area contributed by atoms with Crippen LogP contribution in [0.15, 0.2) is 16.6 Å². The van der Waals surface area contributed by atoms with Gasteiger partial charge in [0.2, 0.25) is 0 Å². The lowest BCUT2D eigenvalue weighted by atomic mass is 10.1. The number of carbonyl (C=O) groups excluding carboxylic acids is 1. The molecule has 21 heavy (non-hydrogen) atoms. The number of halogens is 1. The smallest absolute Gasteiger partial charge is 0.258 e. The van der Waals surface area contributed by atoms with E-state index in [2.05, 4.69) is 15.9 Å². The third-order valence-electron chi connectivity index (χ3n) is 3.13. The number of benzene rings is 1. The van der Waals surface area contributed by atoms with Gasteiger partial charge in [-0.2, -0.15) is 0 Å². The van der Waals surface area contributed by atoms with Gasteiger partial charge in [-0.05, 0) is 48.3 Å². The molecule has 1 aromatic rings. The molecule has 0 fully saturated rings. The number of hydrogen-bond donors (Lipinski definition) is 1. The van der Waals surface area contributed by atoms with Crippen LogP contribution in [0.4, 0.5) is 0 Å². The standard InChI is InChI=1S/C15H22BrNO4/c1-10(2)17(6-5-7-18)15(19)12-8-11(20-3)9-13(16)14(12)21-4/h8-10,18H,5-7H2,1-4H3. The molecule has 0 aliphatic heterocycles. The number of amides is 1. The molecule has 118 valence electrons. The van der Waals surface area contributed by atoms with Gasteiger partial charge in [-0.1, -0.05) is 0 Å². The molecule has 0 saturated carbocycles. The summed E-state index contributed by atoms with van der Waals surface area (Å²) >= 11 is 3.39. The van der Waals surface area contributed by atoms with Crippen LogP contribution in [0, 0.1) is 0 Å². The highest BCUT2D eigenvalue weighted by molar-refractivity contribution is 9.10. The Kier molecular flexibility index (Phi) is 6.98.